The molecule has 1 aromatic carbocycles. The summed E-state index contributed by atoms with van der Waals surface area (Å²) in [6, 6.07) is 2.32. The number of carboxylic acids is 1. The first kappa shape index (κ1) is 14.6. The van der Waals surface area contributed by atoms with Crippen LogP contribution in [0.1, 0.15) is 23.7 Å². The Balaban J connectivity index is 2.00. The van der Waals surface area contributed by atoms with Crippen molar-refractivity contribution in [3.8, 4) is 0 Å². The molecule has 1 saturated heterocycles. The van der Waals surface area contributed by atoms with E-state index < -0.39 is 17.3 Å². The van der Waals surface area contributed by atoms with Crippen molar-refractivity contribution in [2.45, 2.75) is 13.3 Å². The second-order valence-corrected chi connectivity index (χ2v) is 5.15. The first-order valence-electron chi connectivity index (χ1n) is 6.79. The molecule has 0 spiro atoms. The number of nitrogen functional groups attached to an aromatic ring is 1. The summed E-state index contributed by atoms with van der Waals surface area (Å²) in [6.07, 6.45) is 1.11. The summed E-state index contributed by atoms with van der Waals surface area (Å²) in [4.78, 5) is 13.2. The highest BCUT2D eigenvalue weighted by Crippen LogP contribution is 2.24. The maximum absolute atomic E-state index is 13.6. The minimum absolute atomic E-state index is 0.258. The van der Waals surface area contributed by atoms with Crippen molar-refractivity contribution in [3.63, 3.8) is 0 Å². The number of benzene rings is 1. The van der Waals surface area contributed by atoms with E-state index in [-0.39, 0.29) is 5.69 Å². The van der Waals surface area contributed by atoms with Crippen LogP contribution in [-0.4, -0.2) is 42.2 Å². The second kappa shape index (κ2) is 6.09. The topological polar surface area (TPSA) is 78.6 Å². The lowest BCUT2D eigenvalue weighted by Crippen LogP contribution is -2.22. The number of anilines is 2. The van der Waals surface area contributed by atoms with Crippen LogP contribution in [0.3, 0.4) is 0 Å². The van der Waals surface area contributed by atoms with Crippen molar-refractivity contribution in [2.24, 2.45) is 5.92 Å². The Labute approximate surface area is 117 Å². The van der Waals surface area contributed by atoms with E-state index in [4.69, 9.17) is 10.8 Å². The van der Waals surface area contributed by atoms with E-state index in [9.17, 15) is 9.18 Å². The fourth-order valence-corrected chi connectivity index (χ4v) is 2.53. The molecule has 5 nitrogen and oxygen atoms in total. The molecular formula is C14H20FN3O2. The summed E-state index contributed by atoms with van der Waals surface area (Å²) in [7, 11) is 0. The largest absolute Gasteiger partial charge is 0.478 e. The van der Waals surface area contributed by atoms with Crippen molar-refractivity contribution in [3.05, 3.63) is 23.5 Å². The van der Waals surface area contributed by atoms with Gasteiger partial charge in [-0.1, -0.05) is 6.92 Å². The average Bonchev–Trinajstić information content (AvgIpc) is 2.87. The highest BCUT2D eigenvalue weighted by Gasteiger charge is 2.21. The van der Waals surface area contributed by atoms with E-state index in [2.05, 4.69) is 17.1 Å². The molecule has 1 aromatic rings. The third-order valence-corrected chi connectivity index (χ3v) is 3.77. The molecule has 0 radical (unpaired) electrons. The number of aromatic carboxylic acids is 1. The number of halogens is 1. The van der Waals surface area contributed by atoms with Crippen LogP contribution >= 0.6 is 0 Å². The predicted molar refractivity (Wildman–Crippen MR) is 76.5 cm³/mol. The van der Waals surface area contributed by atoms with Crippen molar-refractivity contribution >= 4 is 17.3 Å². The molecule has 2 rings (SSSR count). The summed E-state index contributed by atoms with van der Waals surface area (Å²) in [5.74, 6) is -1.57. The lowest BCUT2D eigenvalue weighted by molar-refractivity contribution is 0.0692. The highest BCUT2D eigenvalue weighted by molar-refractivity contribution is 5.90. The van der Waals surface area contributed by atoms with Crippen LogP contribution in [0.5, 0.6) is 0 Å². The number of nitrogens with zero attached hydrogens (tertiary/aromatic N) is 1. The Morgan fingerprint density at radius 2 is 2.35 bits per heavy atom. The molecule has 6 heteroatoms. The Hall–Kier alpha value is -1.82. The van der Waals surface area contributed by atoms with Gasteiger partial charge in [-0.05, 0) is 37.6 Å². The zero-order chi connectivity index (χ0) is 14.7. The summed E-state index contributed by atoms with van der Waals surface area (Å²) >= 11 is 0. The van der Waals surface area contributed by atoms with Crippen LogP contribution in [0.15, 0.2) is 12.1 Å². The van der Waals surface area contributed by atoms with Crippen molar-refractivity contribution < 1.29 is 14.3 Å². The van der Waals surface area contributed by atoms with Gasteiger partial charge in [0, 0.05) is 13.1 Å². The molecule has 1 atom stereocenters. The van der Waals surface area contributed by atoms with Gasteiger partial charge in [0.1, 0.15) is 5.82 Å². The Kier molecular flexibility index (Phi) is 4.44. The van der Waals surface area contributed by atoms with Crippen molar-refractivity contribution in [1.82, 2.24) is 4.90 Å². The molecule has 110 valence electrons. The number of hydrogen-bond acceptors (Lipinski definition) is 4. The molecular weight excluding hydrogens is 261 g/mol. The molecule has 0 saturated carbocycles. The summed E-state index contributed by atoms with van der Waals surface area (Å²) < 4.78 is 13.6. The van der Waals surface area contributed by atoms with Gasteiger partial charge in [0.15, 0.2) is 0 Å². The van der Waals surface area contributed by atoms with Gasteiger partial charge in [0.05, 0.1) is 16.9 Å². The number of carboxylic acid groups (broad SMARTS) is 1. The molecule has 1 aliphatic heterocycles. The number of carbonyl (C=O) groups is 1. The lowest BCUT2D eigenvalue weighted by atomic mass is 10.1. The van der Waals surface area contributed by atoms with E-state index in [0.29, 0.717) is 18.2 Å². The van der Waals surface area contributed by atoms with Crippen LogP contribution in [-0.2, 0) is 0 Å². The molecule has 4 N–H and O–H groups in total. The van der Waals surface area contributed by atoms with Gasteiger partial charge in [-0.25, -0.2) is 9.18 Å². The quantitative estimate of drug-likeness (QED) is 0.718. The Bertz CT molecular complexity index is 507. The number of nitrogens with two attached hydrogens (primary N) is 1. The highest BCUT2D eigenvalue weighted by atomic mass is 19.1. The molecule has 0 aromatic heterocycles. The van der Waals surface area contributed by atoms with Crippen LogP contribution in [0.4, 0.5) is 15.8 Å². The summed E-state index contributed by atoms with van der Waals surface area (Å²) in [5, 5.41) is 11.9. The predicted octanol–water partition coefficient (Wildman–Crippen LogP) is 1.86. The minimum Gasteiger partial charge on any atom is -0.478 e. The van der Waals surface area contributed by atoms with Gasteiger partial charge in [0.2, 0.25) is 0 Å². The smallest absolute Gasteiger partial charge is 0.338 e. The number of hydrogen-bond donors (Lipinski definition) is 3. The van der Waals surface area contributed by atoms with Crippen LogP contribution in [0, 0.1) is 11.7 Å². The summed E-state index contributed by atoms with van der Waals surface area (Å²) in [6.45, 7) is 6.00. The van der Waals surface area contributed by atoms with Crippen molar-refractivity contribution in [2.75, 3.05) is 37.2 Å². The van der Waals surface area contributed by atoms with Gasteiger partial charge in [0.25, 0.3) is 0 Å². The third-order valence-electron chi connectivity index (χ3n) is 3.77. The standard InChI is InChI=1S/C14H20FN3O2/c1-2-18-4-3-9(8-18)7-17-13-6-11(15)10(14(19)20)5-12(13)16/h5-6,9,17H,2-4,7-8,16H2,1H3,(H,19,20). The van der Waals surface area contributed by atoms with E-state index in [1.54, 1.807) is 0 Å². The van der Waals surface area contributed by atoms with Crippen LogP contribution in [0.25, 0.3) is 0 Å². The Morgan fingerprint density at radius 1 is 1.60 bits per heavy atom. The zero-order valence-corrected chi connectivity index (χ0v) is 11.5. The van der Waals surface area contributed by atoms with E-state index in [1.165, 1.54) is 0 Å². The van der Waals surface area contributed by atoms with Crippen LogP contribution in [0.2, 0.25) is 0 Å². The lowest BCUT2D eigenvalue weighted by Gasteiger charge is -2.16. The van der Waals surface area contributed by atoms with E-state index >= 15 is 0 Å². The maximum Gasteiger partial charge on any atom is 0.338 e. The normalized spacial score (nSPS) is 19.2. The number of likely N-dealkylation sites (tertiary alicyclic amines) is 1. The van der Waals surface area contributed by atoms with Gasteiger partial charge in [-0.3, -0.25) is 0 Å². The molecule has 1 fully saturated rings. The molecule has 0 aliphatic carbocycles. The van der Waals surface area contributed by atoms with Crippen LogP contribution < -0.4 is 11.1 Å². The molecule has 0 bridgehead atoms. The first-order chi connectivity index (χ1) is 9.51. The average molecular weight is 281 g/mol. The maximum atomic E-state index is 13.6. The molecule has 1 heterocycles. The molecule has 0 amide bonds. The Morgan fingerprint density at radius 3 is 2.95 bits per heavy atom. The monoisotopic (exact) mass is 281 g/mol. The molecule has 20 heavy (non-hydrogen) atoms. The number of nitrogens with one attached hydrogen (secondary N) is 1. The minimum atomic E-state index is -1.31. The first-order valence-corrected chi connectivity index (χ1v) is 6.79. The van der Waals surface area contributed by atoms with Crippen molar-refractivity contribution in [1.29, 1.82) is 0 Å². The zero-order valence-electron chi connectivity index (χ0n) is 11.5. The number of rotatable bonds is 5. The van der Waals surface area contributed by atoms with Gasteiger partial charge in [-0.15, -0.1) is 0 Å². The van der Waals surface area contributed by atoms with E-state index in [1.807, 2.05) is 0 Å². The second-order valence-electron chi connectivity index (χ2n) is 5.15. The SMILES string of the molecule is CCN1CCC(CNc2cc(F)c(C(=O)O)cc2N)C1. The molecule has 1 unspecified atom stereocenters. The molecule has 1 aliphatic rings. The van der Waals surface area contributed by atoms with Gasteiger partial charge in [-0.2, -0.15) is 0 Å². The van der Waals surface area contributed by atoms with Gasteiger partial charge >= 0.3 is 5.97 Å². The fourth-order valence-electron chi connectivity index (χ4n) is 2.53. The third kappa shape index (κ3) is 3.19. The van der Waals surface area contributed by atoms with E-state index in [0.717, 1.165) is 38.2 Å². The fraction of sp³-hybridized carbons (Fsp3) is 0.500. The van der Waals surface area contributed by atoms with Gasteiger partial charge < -0.3 is 21.1 Å². The summed E-state index contributed by atoms with van der Waals surface area (Å²) in [5.41, 5.74) is 6.09.